The van der Waals surface area contributed by atoms with Crippen molar-refractivity contribution in [1.29, 1.82) is 0 Å². The van der Waals surface area contributed by atoms with E-state index in [0.717, 1.165) is 25.3 Å². The molecule has 1 aromatic carbocycles. The highest BCUT2D eigenvalue weighted by Crippen LogP contribution is 2.29. The summed E-state index contributed by atoms with van der Waals surface area (Å²) in [5.74, 6) is 1.61. The summed E-state index contributed by atoms with van der Waals surface area (Å²) < 4.78 is 6.23. The van der Waals surface area contributed by atoms with Gasteiger partial charge in [-0.1, -0.05) is 122 Å². The first kappa shape index (κ1) is 28.0. The van der Waals surface area contributed by atoms with Gasteiger partial charge in [0.2, 0.25) is 0 Å². The lowest BCUT2D eigenvalue weighted by Crippen LogP contribution is -2.29. The molecule has 0 aliphatic heterocycles. The van der Waals surface area contributed by atoms with E-state index in [0.29, 0.717) is 5.92 Å². The zero-order chi connectivity index (χ0) is 22.6. The van der Waals surface area contributed by atoms with Crippen LogP contribution >= 0.6 is 0 Å². The Bertz CT molecular complexity index is 515. The van der Waals surface area contributed by atoms with Crippen LogP contribution in [0.4, 0.5) is 0 Å². The van der Waals surface area contributed by atoms with Gasteiger partial charge in [0.15, 0.2) is 0 Å². The molecule has 0 bridgehead atoms. The number of rotatable bonds is 21. The van der Waals surface area contributed by atoms with Crippen LogP contribution in [0, 0.1) is 0 Å². The Morgan fingerprint density at radius 3 is 1.77 bits per heavy atom. The van der Waals surface area contributed by atoms with Crippen molar-refractivity contribution in [3.05, 3.63) is 29.8 Å². The minimum atomic E-state index is 0.205. The molecule has 1 rings (SSSR count). The molecule has 0 unspecified atom stereocenters. The van der Waals surface area contributed by atoms with E-state index in [9.17, 15) is 0 Å². The number of unbranched alkanes of at least 4 members (excludes halogenated alkanes) is 13. The van der Waals surface area contributed by atoms with E-state index in [1.165, 1.54) is 95.5 Å². The van der Waals surface area contributed by atoms with Crippen LogP contribution in [0.3, 0.4) is 0 Å². The molecule has 0 aliphatic carbocycles. The fourth-order valence-electron chi connectivity index (χ4n) is 4.22. The molecule has 1 aromatic rings. The van der Waals surface area contributed by atoms with Gasteiger partial charge in [0.05, 0.1) is 0 Å². The van der Waals surface area contributed by atoms with Crippen LogP contribution in [-0.4, -0.2) is 19.2 Å². The Morgan fingerprint density at radius 2 is 1.23 bits per heavy atom. The SMILES string of the molecule is CCCCCCCCCCCCCCCCNC[C@@H](C)Oc1ccccc1[C@H](C)CC. The van der Waals surface area contributed by atoms with Gasteiger partial charge in [-0.3, -0.25) is 0 Å². The van der Waals surface area contributed by atoms with Crippen LogP contribution < -0.4 is 10.1 Å². The topological polar surface area (TPSA) is 21.3 Å². The summed E-state index contributed by atoms with van der Waals surface area (Å²) in [7, 11) is 0. The number of hydrogen-bond acceptors (Lipinski definition) is 2. The lowest BCUT2D eigenvalue weighted by atomic mass is 9.98. The maximum Gasteiger partial charge on any atom is 0.123 e. The van der Waals surface area contributed by atoms with Crippen molar-refractivity contribution < 1.29 is 4.74 Å². The van der Waals surface area contributed by atoms with E-state index in [1.54, 1.807) is 0 Å². The highest BCUT2D eigenvalue weighted by molar-refractivity contribution is 5.36. The quantitative estimate of drug-likeness (QED) is 0.196. The van der Waals surface area contributed by atoms with E-state index in [2.05, 4.69) is 57.3 Å². The molecule has 180 valence electrons. The fourth-order valence-corrected chi connectivity index (χ4v) is 4.22. The lowest BCUT2D eigenvalue weighted by Gasteiger charge is -2.20. The summed E-state index contributed by atoms with van der Waals surface area (Å²) in [6.07, 6.45) is 21.2. The summed E-state index contributed by atoms with van der Waals surface area (Å²) in [5, 5.41) is 3.59. The fraction of sp³-hybridized carbons (Fsp3) is 0.793. The normalized spacial score (nSPS) is 13.3. The van der Waals surface area contributed by atoms with E-state index in [4.69, 9.17) is 4.74 Å². The molecular formula is C29H53NO. The maximum atomic E-state index is 6.23. The standard InChI is InChI=1S/C29H53NO/c1-5-7-8-9-10-11-12-13-14-15-16-17-18-21-24-30-25-27(4)31-29-23-20-19-22-28(29)26(3)6-2/h19-20,22-23,26-27,30H,5-18,21,24-25H2,1-4H3/t26-,27-/m1/s1. The van der Waals surface area contributed by atoms with Gasteiger partial charge < -0.3 is 10.1 Å². The van der Waals surface area contributed by atoms with E-state index < -0.39 is 0 Å². The van der Waals surface area contributed by atoms with Crippen molar-refractivity contribution in [2.24, 2.45) is 0 Å². The number of para-hydroxylation sites is 1. The summed E-state index contributed by atoms with van der Waals surface area (Å²) in [5.41, 5.74) is 1.34. The second kappa shape index (κ2) is 19.6. The smallest absolute Gasteiger partial charge is 0.123 e. The Kier molecular flexibility index (Phi) is 17.8. The van der Waals surface area contributed by atoms with Gasteiger partial charge in [0, 0.05) is 6.54 Å². The minimum absolute atomic E-state index is 0.205. The molecule has 0 amide bonds. The first-order valence-electron chi connectivity index (χ1n) is 13.6. The summed E-state index contributed by atoms with van der Waals surface area (Å²) in [6.45, 7) is 11.0. The van der Waals surface area contributed by atoms with E-state index in [-0.39, 0.29) is 6.10 Å². The van der Waals surface area contributed by atoms with E-state index in [1.807, 2.05) is 0 Å². The molecular weight excluding hydrogens is 378 g/mol. The van der Waals surface area contributed by atoms with Crippen molar-refractivity contribution in [2.45, 2.75) is 136 Å². The highest BCUT2D eigenvalue weighted by atomic mass is 16.5. The van der Waals surface area contributed by atoms with E-state index >= 15 is 0 Å². The van der Waals surface area contributed by atoms with Crippen LogP contribution in [-0.2, 0) is 0 Å². The average Bonchev–Trinajstić information content (AvgIpc) is 2.78. The van der Waals surface area contributed by atoms with Crippen molar-refractivity contribution >= 4 is 0 Å². The predicted molar refractivity (Wildman–Crippen MR) is 138 cm³/mol. The van der Waals surface area contributed by atoms with Crippen LogP contribution in [0.15, 0.2) is 24.3 Å². The molecule has 0 saturated carbocycles. The van der Waals surface area contributed by atoms with Crippen LogP contribution in [0.2, 0.25) is 0 Å². The summed E-state index contributed by atoms with van der Waals surface area (Å²) in [4.78, 5) is 0. The van der Waals surface area contributed by atoms with Crippen molar-refractivity contribution in [3.63, 3.8) is 0 Å². The van der Waals surface area contributed by atoms with Gasteiger partial charge in [-0.05, 0) is 43.9 Å². The zero-order valence-corrected chi connectivity index (χ0v) is 21.4. The zero-order valence-electron chi connectivity index (χ0n) is 21.4. The third-order valence-electron chi connectivity index (χ3n) is 6.53. The van der Waals surface area contributed by atoms with Gasteiger partial charge in [-0.25, -0.2) is 0 Å². The van der Waals surface area contributed by atoms with Gasteiger partial charge in [0.1, 0.15) is 11.9 Å². The Morgan fingerprint density at radius 1 is 0.710 bits per heavy atom. The molecule has 0 radical (unpaired) electrons. The molecule has 2 heteroatoms. The van der Waals surface area contributed by atoms with Gasteiger partial charge >= 0.3 is 0 Å². The van der Waals surface area contributed by atoms with Crippen molar-refractivity contribution in [3.8, 4) is 5.75 Å². The van der Waals surface area contributed by atoms with Crippen LogP contribution in [0.5, 0.6) is 5.75 Å². The summed E-state index contributed by atoms with van der Waals surface area (Å²) >= 11 is 0. The maximum absolute atomic E-state index is 6.23. The molecule has 1 N–H and O–H groups in total. The van der Waals surface area contributed by atoms with Crippen molar-refractivity contribution in [1.82, 2.24) is 5.32 Å². The molecule has 31 heavy (non-hydrogen) atoms. The lowest BCUT2D eigenvalue weighted by molar-refractivity contribution is 0.214. The predicted octanol–water partition coefficient (Wildman–Crippen LogP) is 9.04. The second-order valence-electron chi connectivity index (χ2n) is 9.58. The molecule has 0 spiro atoms. The Labute approximate surface area is 194 Å². The third kappa shape index (κ3) is 14.6. The Balaban J connectivity index is 1.92. The third-order valence-corrected chi connectivity index (χ3v) is 6.53. The molecule has 0 saturated heterocycles. The molecule has 0 heterocycles. The Hall–Kier alpha value is -1.02. The molecule has 2 nitrogen and oxygen atoms in total. The second-order valence-corrected chi connectivity index (χ2v) is 9.58. The first-order valence-corrected chi connectivity index (χ1v) is 13.6. The average molecular weight is 432 g/mol. The van der Waals surface area contributed by atoms with Gasteiger partial charge in [-0.2, -0.15) is 0 Å². The van der Waals surface area contributed by atoms with Gasteiger partial charge in [0.25, 0.3) is 0 Å². The highest BCUT2D eigenvalue weighted by Gasteiger charge is 2.12. The molecule has 0 aliphatic rings. The minimum Gasteiger partial charge on any atom is -0.489 e. The first-order chi connectivity index (χ1) is 15.2. The number of benzene rings is 1. The molecule has 0 fully saturated rings. The molecule has 0 aromatic heterocycles. The van der Waals surface area contributed by atoms with Gasteiger partial charge in [-0.15, -0.1) is 0 Å². The number of ether oxygens (including phenoxy) is 1. The number of nitrogens with one attached hydrogen (secondary N) is 1. The molecule has 2 atom stereocenters. The monoisotopic (exact) mass is 431 g/mol. The van der Waals surface area contributed by atoms with Crippen LogP contribution in [0.25, 0.3) is 0 Å². The summed E-state index contributed by atoms with van der Waals surface area (Å²) in [6, 6.07) is 8.52. The van der Waals surface area contributed by atoms with Crippen LogP contribution in [0.1, 0.15) is 135 Å². The van der Waals surface area contributed by atoms with Crippen molar-refractivity contribution in [2.75, 3.05) is 13.1 Å². The number of hydrogen-bond donors (Lipinski definition) is 1. The largest absolute Gasteiger partial charge is 0.489 e.